The highest BCUT2D eigenvalue weighted by atomic mass is 35.5. The lowest BCUT2D eigenvalue weighted by atomic mass is 9.86. The molecule has 42 heavy (non-hydrogen) atoms. The van der Waals surface area contributed by atoms with Gasteiger partial charge < -0.3 is 14.0 Å². The van der Waals surface area contributed by atoms with E-state index in [1.165, 1.54) is 12.1 Å². The molecule has 4 aromatic rings. The van der Waals surface area contributed by atoms with Crippen LogP contribution in [-0.2, 0) is 16.1 Å². The van der Waals surface area contributed by atoms with E-state index in [2.05, 4.69) is 15.5 Å². The Kier molecular flexibility index (Phi) is 8.24. The topological polar surface area (TPSA) is 93.2 Å². The molecule has 6 rings (SSSR count). The van der Waals surface area contributed by atoms with Crippen LogP contribution in [0.15, 0.2) is 66.9 Å². The second-order valence-electron chi connectivity index (χ2n) is 11.2. The van der Waals surface area contributed by atoms with Crippen molar-refractivity contribution in [2.24, 2.45) is 5.92 Å². The van der Waals surface area contributed by atoms with Crippen molar-refractivity contribution in [3.63, 3.8) is 0 Å². The van der Waals surface area contributed by atoms with Crippen molar-refractivity contribution in [3.05, 3.63) is 87.7 Å². The number of halogens is 1. The number of hydrogen-bond acceptors (Lipinski definition) is 6. The number of nitrogens with zero attached hydrogens (tertiary/aromatic N) is 5. The number of nitro groups is 1. The summed E-state index contributed by atoms with van der Waals surface area (Å²) in [6, 6.07) is 18.3. The summed E-state index contributed by atoms with van der Waals surface area (Å²) < 4.78 is 7.66. The largest absolute Gasteiger partial charge is 0.381 e. The third-order valence-corrected chi connectivity index (χ3v) is 8.83. The Balaban J connectivity index is 1.27. The van der Waals surface area contributed by atoms with Crippen molar-refractivity contribution >= 4 is 28.8 Å². The molecule has 0 radical (unpaired) electrons. The van der Waals surface area contributed by atoms with Crippen molar-refractivity contribution in [1.29, 1.82) is 0 Å². The van der Waals surface area contributed by atoms with Gasteiger partial charge in [-0.05, 0) is 66.8 Å². The second-order valence-corrected chi connectivity index (χ2v) is 11.6. The Morgan fingerprint density at radius 3 is 2.50 bits per heavy atom. The summed E-state index contributed by atoms with van der Waals surface area (Å²) in [5, 5.41) is 11.9. The van der Waals surface area contributed by atoms with Crippen LogP contribution in [0.4, 0.5) is 5.69 Å². The van der Waals surface area contributed by atoms with E-state index >= 15 is 0 Å². The van der Waals surface area contributed by atoms with Crippen LogP contribution in [0.25, 0.3) is 28.0 Å². The lowest BCUT2D eigenvalue weighted by Gasteiger charge is -2.38. The molecule has 0 N–H and O–H groups in total. The molecular formula is C32H34ClN5O4. The predicted molar refractivity (Wildman–Crippen MR) is 162 cm³/mol. The molecule has 2 fully saturated rings. The SMILES string of the molecule is COC1CCCC(C(=O)N2CCN(Cc3c(-c4ccc([N+](=O)[O-])cc4)nc4ccc(-c5cccc(Cl)c5)cn34)CC2)C1. The molecule has 2 atom stereocenters. The van der Waals surface area contributed by atoms with Crippen LogP contribution >= 0.6 is 11.6 Å². The molecule has 2 aliphatic rings. The first kappa shape index (κ1) is 28.3. The van der Waals surface area contributed by atoms with Crippen LogP contribution < -0.4 is 0 Å². The maximum Gasteiger partial charge on any atom is 0.269 e. The lowest BCUT2D eigenvalue weighted by Crippen LogP contribution is -2.50. The van der Waals surface area contributed by atoms with Gasteiger partial charge in [0.2, 0.25) is 5.91 Å². The number of pyridine rings is 1. The van der Waals surface area contributed by atoms with E-state index in [-0.39, 0.29) is 23.6 Å². The van der Waals surface area contributed by atoms with Crippen LogP contribution in [0.5, 0.6) is 0 Å². The maximum atomic E-state index is 13.3. The van der Waals surface area contributed by atoms with Gasteiger partial charge in [0, 0.05) is 74.7 Å². The Bertz CT molecular complexity index is 1600. The van der Waals surface area contributed by atoms with Gasteiger partial charge in [0.1, 0.15) is 5.65 Å². The van der Waals surface area contributed by atoms with E-state index in [0.717, 1.165) is 72.5 Å². The average molecular weight is 588 g/mol. The summed E-state index contributed by atoms with van der Waals surface area (Å²) in [6.07, 6.45) is 6.07. The highest BCUT2D eigenvalue weighted by Crippen LogP contribution is 2.31. The molecule has 1 aliphatic heterocycles. The summed E-state index contributed by atoms with van der Waals surface area (Å²) >= 11 is 6.28. The normalized spacial score (nSPS) is 19.7. The minimum atomic E-state index is -0.394. The summed E-state index contributed by atoms with van der Waals surface area (Å²) in [4.78, 5) is 33.5. The minimum absolute atomic E-state index is 0.0443. The molecule has 2 unspecified atom stereocenters. The number of rotatable bonds is 7. The molecule has 2 aromatic carbocycles. The Labute approximate surface area is 249 Å². The monoisotopic (exact) mass is 587 g/mol. The average Bonchev–Trinajstić information content (AvgIpc) is 3.38. The van der Waals surface area contributed by atoms with Gasteiger partial charge in [0.05, 0.1) is 22.4 Å². The van der Waals surface area contributed by atoms with E-state index in [4.69, 9.17) is 21.3 Å². The smallest absolute Gasteiger partial charge is 0.269 e. The number of piperazine rings is 1. The molecule has 1 saturated carbocycles. The van der Waals surface area contributed by atoms with E-state index in [0.29, 0.717) is 24.7 Å². The minimum Gasteiger partial charge on any atom is -0.381 e. The molecule has 9 nitrogen and oxygen atoms in total. The first-order chi connectivity index (χ1) is 20.4. The van der Waals surface area contributed by atoms with Gasteiger partial charge in [0.25, 0.3) is 5.69 Å². The highest BCUT2D eigenvalue weighted by Gasteiger charge is 2.32. The number of ether oxygens (including phenoxy) is 1. The number of methoxy groups -OCH3 is 1. The van der Waals surface area contributed by atoms with Crippen LogP contribution in [-0.4, -0.2) is 69.4 Å². The van der Waals surface area contributed by atoms with Crippen LogP contribution in [0.3, 0.4) is 0 Å². The molecule has 1 amide bonds. The molecule has 218 valence electrons. The predicted octanol–water partition coefficient (Wildman–Crippen LogP) is 6.08. The molecule has 0 bridgehead atoms. The van der Waals surface area contributed by atoms with Gasteiger partial charge in [-0.2, -0.15) is 0 Å². The number of fused-ring (bicyclic) bond motifs is 1. The fourth-order valence-electron chi connectivity index (χ4n) is 6.24. The summed E-state index contributed by atoms with van der Waals surface area (Å²) in [5.74, 6) is 0.302. The standard InChI is InChI=1S/C32H34ClN5O4/c1-42-28-7-3-5-24(19-28)32(39)36-16-14-35(15-17-36)21-29-31(22-8-11-27(12-9-22)38(40)41)34-30-13-10-25(20-37(29)30)23-4-2-6-26(33)18-23/h2,4,6,8-13,18,20,24,28H,3,5,7,14-17,19,21H2,1H3. The third-order valence-electron chi connectivity index (χ3n) is 8.59. The van der Waals surface area contributed by atoms with E-state index in [1.807, 2.05) is 41.3 Å². The highest BCUT2D eigenvalue weighted by molar-refractivity contribution is 6.30. The van der Waals surface area contributed by atoms with Gasteiger partial charge in [-0.1, -0.05) is 30.2 Å². The van der Waals surface area contributed by atoms with Gasteiger partial charge >= 0.3 is 0 Å². The molecule has 2 aromatic heterocycles. The lowest BCUT2D eigenvalue weighted by molar-refractivity contribution is -0.384. The molecular weight excluding hydrogens is 554 g/mol. The van der Waals surface area contributed by atoms with Gasteiger partial charge in [-0.25, -0.2) is 4.98 Å². The number of nitro benzene ring substituents is 1. The third kappa shape index (κ3) is 5.90. The summed E-state index contributed by atoms with van der Waals surface area (Å²) in [6.45, 7) is 3.51. The first-order valence-electron chi connectivity index (χ1n) is 14.5. The zero-order chi connectivity index (χ0) is 29.2. The maximum absolute atomic E-state index is 13.3. The van der Waals surface area contributed by atoms with Crippen molar-refractivity contribution in [2.45, 2.75) is 38.3 Å². The first-order valence-corrected chi connectivity index (χ1v) is 14.8. The van der Waals surface area contributed by atoms with Crippen LogP contribution in [0.1, 0.15) is 31.4 Å². The molecule has 10 heteroatoms. The number of carbonyl (C=O) groups excluding carboxylic acids is 1. The fourth-order valence-corrected chi connectivity index (χ4v) is 6.43. The number of non-ortho nitro benzene ring substituents is 1. The summed E-state index contributed by atoms with van der Waals surface area (Å²) in [7, 11) is 1.74. The molecule has 3 heterocycles. The van der Waals surface area contributed by atoms with Crippen molar-refractivity contribution < 1.29 is 14.5 Å². The zero-order valence-electron chi connectivity index (χ0n) is 23.6. The van der Waals surface area contributed by atoms with Crippen molar-refractivity contribution in [1.82, 2.24) is 19.2 Å². The van der Waals surface area contributed by atoms with Crippen LogP contribution in [0.2, 0.25) is 5.02 Å². The quantitative estimate of drug-likeness (QED) is 0.192. The zero-order valence-corrected chi connectivity index (χ0v) is 24.4. The van der Waals surface area contributed by atoms with Gasteiger partial charge in [0.15, 0.2) is 0 Å². The van der Waals surface area contributed by atoms with E-state index in [9.17, 15) is 14.9 Å². The number of benzene rings is 2. The Morgan fingerprint density at radius 2 is 1.79 bits per heavy atom. The number of imidazole rings is 1. The van der Waals surface area contributed by atoms with E-state index in [1.54, 1.807) is 19.2 Å². The van der Waals surface area contributed by atoms with Gasteiger partial charge in [-0.15, -0.1) is 0 Å². The van der Waals surface area contributed by atoms with Crippen molar-refractivity contribution in [2.75, 3.05) is 33.3 Å². The van der Waals surface area contributed by atoms with E-state index < -0.39 is 4.92 Å². The number of carbonyl (C=O) groups is 1. The molecule has 1 aliphatic carbocycles. The van der Waals surface area contributed by atoms with Crippen molar-refractivity contribution in [3.8, 4) is 22.4 Å². The number of hydrogen-bond donors (Lipinski definition) is 0. The van der Waals surface area contributed by atoms with Crippen LogP contribution in [0, 0.1) is 16.0 Å². The Hall–Kier alpha value is -3.79. The molecule has 0 spiro atoms. The second kappa shape index (κ2) is 12.2. The fraction of sp³-hybridized carbons (Fsp3) is 0.375. The Morgan fingerprint density at radius 1 is 1.02 bits per heavy atom. The molecule has 1 saturated heterocycles. The summed E-state index contributed by atoms with van der Waals surface area (Å²) in [5.41, 5.74) is 5.47. The number of aromatic nitrogens is 2. The van der Waals surface area contributed by atoms with Gasteiger partial charge in [-0.3, -0.25) is 19.8 Å². The number of amides is 1.